The molecular formula is C24H18Cl2N2O2S. The van der Waals surface area contributed by atoms with Crippen LogP contribution >= 0.6 is 34.5 Å². The van der Waals surface area contributed by atoms with Gasteiger partial charge in [0.05, 0.1) is 10.7 Å². The van der Waals surface area contributed by atoms with Crippen molar-refractivity contribution in [1.82, 2.24) is 10.3 Å². The fourth-order valence-electron chi connectivity index (χ4n) is 2.90. The van der Waals surface area contributed by atoms with Gasteiger partial charge >= 0.3 is 0 Å². The van der Waals surface area contributed by atoms with Gasteiger partial charge in [-0.1, -0.05) is 77.8 Å². The van der Waals surface area contributed by atoms with Crippen molar-refractivity contribution in [2.45, 2.75) is 6.54 Å². The molecule has 1 amide bonds. The van der Waals surface area contributed by atoms with Gasteiger partial charge in [0.25, 0.3) is 5.91 Å². The predicted octanol–water partition coefficient (Wildman–Crippen LogP) is 6.48. The molecule has 0 saturated heterocycles. The number of hydrogen-bond acceptors (Lipinski definition) is 4. The normalized spacial score (nSPS) is 10.6. The summed E-state index contributed by atoms with van der Waals surface area (Å²) >= 11 is 13.6. The number of carbonyl (C=O) groups excluding carboxylic acids is 1. The van der Waals surface area contributed by atoms with Gasteiger partial charge in [-0.05, 0) is 17.7 Å². The van der Waals surface area contributed by atoms with E-state index >= 15 is 0 Å². The van der Waals surface area contributed by atoms with Gasteiger partial charge in [0.1, 0.15) is 10.8 Å². The third kappa shape index (κ3) is 5.64. The first-order valence-corrected chi connectivity index (χ1v) is 11.2. The topological polar surface area (TPSA) is 51.2 Å². The maximum absolute atomic E-state index is 12.1. The van der Waals surface area contributed by atoms with Crippen LogP contribution in [0.1, 0.15) is 5.56 Å². The Balaban J connectivity index is 1.31. The van der Waals surface area contributed by atoms with E-state index in [4.69, 9.17) is 32.9 Å². The number of aromatic nitrogens is 1. The Labute approximate surface area is 194 Å². The van der Waals surface area contributed by atoms with Crippen LogP contribution in [-0.4, -0.2) is 17.5 Å². The van der Waals surface area contributed by atoms with E-state index < -0.39 is 0 Å². The second-order valence-corrected chi connectivity index (χ2v) is 8.44. The van der Waals surface area contributed by atoms with Crippen LogP contribution in [0.4, 0.5) is 0 Å². The van der Waals surface area contributed by atoms with Gasteiger partial charge in [0.15, 0.2) is 6.61 Å². The highest BCUT2D eigenvalue weighted by Gasteiger charge is 2.09. The van der Waals surface area contributed by atoms with E-state index in [1.54, 1.807) is 29.5 Å². The number of nitrogens with one attached hydrogen (secondary N) is 1. The average Bonchev–Trinajstić information content (AvgIpc) is 3.29. The lowest BCUT2D eigenvalue weighted by atomic mass is 10.1. The minimum absolute atomic E-state index is 0.139. The summed E-state index contributed by atoms with van der Waals surface area (Å²) in [7, 11) is 0. The van der Waals surface area contributed by atoms with E-state index in [0.717, 1.165) is 27.4 Å². The first-order chi connectivity index (χ1) is 15.1. The van der Waals surface area contributed by atoms with Crippen molar-refractivity contribution < 1.29 is 9.53 Å². The number of thiazole rings is 1. The summed E-state index contributed by atoms with van der Waals surface area (Å²) in [5, 5.41) is 6.76. The van der Waals surface area contributed by atoms with E-state index in [-0.39, 0.29) is 12.5 Å². The van der Waals surface area contributed by atoms with Crippen LogP contribution in [0, 0.1) is 0 Å². The highest BCUT2D eigenvalue weighted by atomic mass is 35.5. The van der Waals surface area contributed by atoms with Gasteiger partial charge in [0.2, 0.25) is 0 Å². The lowest BCUT2D eigenvalue weighted by molar-refractivity contribution is -0.123. The maximum Gasteiger partial charge on any atom is 0.258 e. The molecule has 0 bridgehead atoms. The summed E-state index contributed by atoms with van der Waals surface area (Å²) in [6.07, 6.45) is 0. The minimum atomic E-state index is -0.243. The van der Waals surface area contributed by atoms with Gasteiger partial charge in [0, 0.05) is 34.1 Å². The zero-order valence-corrected chi connectivity index (χ0v) is 18.7. The number of halogens is 2. The van der Waals surface area contributed by atoms with Crippen LogP contribution in [0.25, 0.3) is 21.8 Å². The second kappa shape index (κ2) is 9.96. The van der Waals surface area contributed by atoms with Crippen molar-refractivity contribution in [2.75, 3.05) is 6.61 Å². The molecule has 1 heterocycles. The Morgan fingerprint density at radius 1 is 0.968 bits per heavy atom. The van der Waals surface area contributed by atoms with Gasteiger partial charge < -0.3 is 10.1 Å². The lowest BCUT2D eigenvalue weighted by Gasteiger charge is -2.09. The standard InChI is InChI=1S/C24H18Cl2N2O2S/c25-19-10-11-20(26)22(12-19)30-14-23(29)27-13-16-6-8-18(9-7-16)24-28-21(15-31-24)17-4-2-1-3-5-17/h1-12,15H,13-14H2,(H,27,29). The quantitative estimate of drug-likeness (QED) is 0.337. The molecule has 0 saturated carbocycles. The molecule has 0 aliphatic heterocycles. The summed E-state index contributed by atoms with van der Waals surface area (Å²) in [4.78, 5) is 16.8. The maximum atomic E-state index is 12.1. The van der Waals surface area contributed by atoms with E-state index in [2.05, 4.69) is 22.8 Å². The summed E-state index contributed by atoms with van der Waals surface area (Å²) < 4.78 is 5.45. The van der Waals surface area contributed by atoms with Crippen molar-refractivity contribution in [3.8, 4) is 27.6 Å². The van der Waals surface area contributed by atoms with E-state index in [1.165, 1.54) is 0 Å². The molecule has 0 radical (unpaired) electrons. The monoisotopic (exact) mass is 468 g/mol. The first kappa shape index (κ1) is 21.4. The third-order valence-electron chi connectivity index (χ3n) is 4.52. The number of nitrogens with zero attached hydrogens (tertiary/aromatic N) is 1. The molecule has 0 fully saturated rings. The Morgan fingerprint density at radius 3 is 2.52 bits per heavy atom. The van der Waals surface area contributed by atoms with E-state index in [1.807, 2.05) is 42.5 Å². The SMILES string of the molecule is O=C(COc1cc(Cl)ccc1Cl)NCc1ccc(-c2nc(-c3ccccc3)cs2)cc1. The van der Waals surface area contributed by atoms with Crippen LogP contribution in [0.2, 0.25) is 10.0 Å². The molecule has 0 atom stereocenters. The second-order valence-electron chi connectivity index (χ2n) is 6.74. The molecule has 0 aliphatic rings. The molecule has 156 valence electrons. The fraction of sp³-hybridized carbons (Fsp3) is 0.0833. The van der Waals surface area contributed by atoms with Gasteiger partial charge in [-0.15, -0.1) is 11.3 Å². The minimum Gasteiger partial charge on any atom is -0.482 e. The van der Waals surface area contributed by atoms with Gasteiger partial charge in [-0.25, -0.2) is 4.98 Å². The molecular weight excluding hydrogens is 451 g/mol. The number of benzene rings is 3. The largest absolute Gasteiger partial charge is 0.482 e. The molecule has 0 spiro atoms. The number of amides is 1. The van der Waals surface area contributed by atoms with Crippen LogP contribution in [0.15, 0.2) is 78.2 Å². The Kier molecular flexibility index (Phi) is 6.87. The van der Waals surface area contributed by atoms with Crippen molar-refractivity contribution in [3.63, 3.8) is 0 Å². The molecule has 31 heavy (non-hydrogen) atoms. The van der Waals surface area contributed by atoms with Crippen molar-refractivity contribution >= 4 is 40.4 Å². The Bertz CT molecular complexity index is 1180. The molecule has 4 aromatic rings. The number of ether oxygens (including phenoxy) is 1. The zero-order valence-electron chi connectivity index (χ0n) is 16.3. The predicted molar refractivity (Wildman–Crippen MR) is 127 cm³/mol. The molecule has 0 aliphatic carbocycles. The number of rotatable bonds is 7. The molecule has 0 unspecified atom stereocenters. The molecule has 4 rings (SSSR count). The van der Waals surface area contributed by atoms with Crippen molar-refractivity contribution in [2.24, 2.45) is 0 Å². The number of hydrogen-bond donors (Lipinski definition) is 1. The molecule has 3 aromatic carbocycles. The van der Waals surface area contributed by atoms with Gasteiger partial charge in [-0.3, -0.25) is 4.79 Å². The van der Waals surface area contributed by atoms with Crippen LogP contribution in [-0.2, 0) is 11.3 Å². The smallest absolute Gasteiger partial charge is 0.258 e. The van der Waals surface area contributed by atoms with E-state index in [9.17, 15) is 4.79 Å². The highest BCUT2D eigenvalue weighted by molar-refractivity contribution is 7.13. The highest BCUT2D eigenvalue weighted by Crippen LogP contribution is 2.29. The third-order valence-corrected chi connectivity index (χ3v) is 5.96. The van der Waals surface area contributed by atoms with Crippen LogP contribution in [0.3, 0.4) is 0 Å². The molecule has 1 aromatic heterocycles. The molecule has 1 N–H and O–H groups in total. The van der Waals surface area contributed by atoms with Gasteiger partial charge in [-0.2, -0.15) is 0 Å². The first-order valence-electron chi connectivity index (χ1n) is 9.53. The summed E-state index contributed by atoms with van der Waals surface area (Å²) in [6.45, 7) is 0.262. The summed E-state index contributed by atoms with van der Waals surface area (Å²) in [6, 6.07) is 23.0. The zero-order chi connectivity index (χ0) is 21.6. The van der Waals surface area contributed by atoms with Crippen LogP contribution in [0.5, 0.6) is 5.75 Å². The summed E-state index contributed by atoms with van der Waals surface area (Å²) in [5.74, 6) is 0.138. The Hall–Kier alpha value is -2.86. The summed E-state index contributed by atoms with van der Waals surface area (Å²) in [5.41, 5.74) is 4.10. The van der Waals surface area contributed by atoms with Crippen molar-refractivity contribution in [3.05, 3.63) is 93.8 Å². The fourth-order valence-corrected chi connectivity index (χ4v) is 4.07. The number of carbonyl (C=O) groups is 1. The lowest BCUT2D eigenvalue weighted by Crippen LogP contribution is -2.28. The average molecular weight is 469 g/mol. The Morgan fingerprint density at radius 2 is 1.74 bits per heavy atom. The van der Waals surface area contributed by atoms with E-state index in [0.29, 0.717) is 22.3 Å². The van der Waals surface area contributed by atoms with Crippen LogP contribution < -0.4 is 10.1 Å². The van der Waals surface area contributed by atoms with Crippen molar-refractivity contribution in [1.29, 1.82) is 0 Å². The molecule has 7 heteroatoms. The molecule has 4 nitrogen and oxygen atoms in total.